The minimum absolute atomic E-state index is 0.228. The molecular weight excluding hydrogens is 372 g/mol. The third-order valence-electron chi connectivity index (χ3n) is 5.08. The molecule has 6 heteroatoms. The van der Waals surface area contributed by atoms with Gasteiger partial charge >= 0.3 is 0 Å². The summed E-state index contributed by atoms with van der Waals surface area (Å²) in [5.74, 6) is -0.336. The summed E-state index contributed by atoms with van der Waals surface area (Å²) in [5.41, 5.74) is 5.60. The number of carbonyl (C=O) groups is 1. The van der Waals surface area contributed by atoms with Crippen molar-refractivity contribution >= 4 is 21.6 Å². The maximum atomic E-state index is 12.9. The number of anilines is 1. The van der Waals surface area contributed by atoms with E-state index in [2.05, 4.69) is 5.32 Å². The number of nitrogens with one attached hydrogen (secondary N) is 1. The van der Waals surface area contributed by atoms with Gasteiger partial charge in [0, 0.05) is 0 Å². The van der Waals surface area contributed by atoms with Crippen molar-refractivity contribution in [3.8, 4) is 0 Å². The van der Waals surface area contributed by atoms with E-state index in [4.69, 9.17) is 0 Å². The Hall–Kier alpha value is -2.34. The number of amides is 1. The summed E-state index contributed by atoms with van der Waals surface area (Å²) in [6.07, 6.45) is 1.13. The lowest BCUT2D eigenvalue weighted by atomic mass is 10.0. The van der Waals surface area contributed by atoms with Crippen LogP contribution in [0.1, 0.15) is 47.7 Å². The van der Waals surface area contributed by atoms with Crippen LogP contribution in [0.4, 0.5) is 5.69 Å². The van der Waals surface area contributed by atoms with E-state index in [1.54, 1.807) is 13.0 Å². The van der Waals surface area contributed by atoms with Crippen LogP contribution < -0.4 is 9.62 Å². The number of rotatable bonds is 6. The van der Waals surface area contributed by atoms with Crippen molar-refractivity contribution in [1.82, 2.24) is 5.32 Å². The highest BCUT2D eigenvalue weighted by atomic mass is 32.2. The second kappa shape index (κ2) is 8.35. The molecule has 0 radical (unpaired) electrons. The fraction of sp³-hybridized carbons (Fsp3) is 0.409. The number of sulfonamides is 1. The van der Waals surface area contributed by atoms with Crippen molar-refractivity contribution in [2.24, 2.45) is 0 Å². The van der Waals surface area contributed by atoms with E-state index >= 15 is 0 Å². The van der Waals surface area contributed by atoms with E-state index in [1.165, 1.54) is 9.87 Å². The summed E-state index contributed by atoms with van der Waals surface area (Å²) in [7, 11) is -3.64. The molecule has 2 atom stereocenters. The molecule has 2 rings (SSSR count). The zero-order valence-corrected chi connectivity index (χ0v) is 18.5. The molecule has 0 saturated carbocycles. The SMILES string of the molecule is Cc1ccc(C)c(N([C@@H](C)C(=O)N[C@@H](C)c2ccc(C)c(C)c2)S(C)(=O)=O)c1. The molecule has 0 saturated heterocycles. The van der Waals surface area contributed by atoms with E-state index in [0.29, 0.717) is 5.69 Å². The predicted octanol–water partition coefficient (Wildman–Crippen LogP) is 3.95. The monoisotopic (exact) mass is 402 g/mol. The van der Waals surface area contributed by atoms with Gasteiger partial charge in [-0.05, 0) is 75.4 Å². The number of hydrogen-bond donors (Lipinski definition) is 1. The number of carbonyl (C=O) groups excluding carboxylic acids is 1. The van der Waals surface area contributed by atoms with Crippen LogP contribution in [-0.4, -0.2) is 26.6 Å². The van der Waals surface area contributed by atoms with Crippen LogP contribution in [0.2, 0.25) is 0 Å². The lowest BCUT2D eigenvalue weighted by molar-refractivity contribution is -0.122. The lowest BCUT2D eigenvalue weighted by Crippen LogP contribution is -2.48. The van der Waals surface area contributed by atoms with Crippen molar-refractivity contribution in [3.63, 3.8) is 0 Å². The average Bonchev–Trinajstić information content (AvgIpc) is 2.59. The Morgan fingerprint density at radius 2 is 1.54 bits per heavy atom. The van der Waals surface area contributed by atoms with Gasteiger partial charge in [0.2, 0.25) is 15.9 Å². The van der Waals surface area contributed by atoms with E-state index in [-0.39, 0.29) is 11.9 Å². The van der Waals surface area contributed by atoms with E-state index in [9.17, 15) is 13.2 Å². The van der Waals surface area contributed by atoms with Crippen molar-refractivity contribution < 1.29 is 13.2 Å². The summed E-state index contributed by atoms with van der Waals surface area (Å²) in [6.45, 7) is 11.3. The van der Waals surface area contributed by atoms with Gasteiger partial charge in [-0.25, -0.2) is 8.42 Å². The van der Waals surface area contributed by atoms with Crippen LogP contribution in [0.15, 0.2) is 36.4 Å². The number of nitrogens with zero attached hydrogens (tertiary/aromatic N) is 1. The Morgan fingerprint density at radius 1 is 0.929 bits per heavy atom. The molecule has 28 heavy (non-hydrogen) atoms. The average molecular weight is 403 g/mol. The Morgan fingerprint density at radius 3 is 2.11 bits per heavy atom. The normalized spacial score (nSPS) is 13.7. The van der Waals surface area contributed by atoms with Crippen molar-refractivity contribution in [3.05, 3.63) is 64.2 Å². The van der Waals surface area contributed by atoms with Crippen LogP contribution in [0.3, 0.4) is 0 Å². The largest absolute Gasteiger partial charge is 0.348 e. The predicted molar refractivity (Wildman–Crippen MR) is 115 cm³/mol. The van der Waals surface area contributed by atoms with Crippen molar-refractivity contribution in [2.75, 3.05) is 10.6 Å². The quantitative estimate of drug-likeness (QED) is 0.795. The van der Waals surface area contributed by atoms with Gasteiger partial charge in [-0.15, -0.1) is 0 Å². The molecule has 152 valence electrons. The molecule has 2 aromatic carbocycles. The van der Waals surface area contributed by atoms with Gasteiger partial charge in [-0.2, -0.15) is 0 Å². The van der Waals surface area contributed by atoms with Gasteiger partial charge in [0.15, 0.2) is 0 Å². The zero-order valence-electron chi connectivity index (χ0n) is 17.7. The highest BCUT2D eigenvalue weighted by molar-refractivity contribution is 7.92. The molecule has 0 aromatic heterocycles. The highest BCUT2D eigenvalue weighted by Crippen LogP contribution is 2.27. The fourth-order valence-electron chi connectivity index (χ4n) is 3.19. The van der Waals surface area contributed by atoms with E-state index in [0.717, 1.165) is 28.5 Å². The van der Waals surface area contributed by atoms with Crippen LogP contribution in [-0.2, 0) is 14.8 Å². The number of aryl methyl sites for hydroxylation is 4. The maximum absolute atomic E-state index is 12.9. The Balaban J connectivity index is 2.31. The third kappa shape index (κ3) is 4.93. The zero-order chi connectivity index (χ0) is 21.2. The smallest absolute Gasteiger partial charge is 0.244 e. The lowest BCUT2D eigenvalue weighted by Gasteiger charge is -2.30. The number of benzene rings is 2. The summed E-state index contributed by atoms with van der Waals surface area (Å²) in [5, 5.41) is 2.95. The molecule has 0 aliphatic rings. The second-order valence-electron chi connectivity index (χ2n) is 7.60. The van der Waals surface area contributed by atoms with Crippen molar-refractivity contribution in [1.29, 1.82) is 0 Å². The van der Waals surface area contributed by atoms with Gasteiger partial charge in [0.1, 0.15) is 6.04 Å². The summed E-state index contributed by atoms with van der Waals surface area (Å²) < 4.78 is 26.3. The summed E-state index contributed by atoms with van der Waals surface area (Å²) in [6, 6.07) is 10.5. The van der Waals surface area contributed by atoms with E-state index < -0.39 is 16.1 Å². The van der Waals surface area contributed by atoms with Crippen LogP contribution in [0.5, 0.6) is 0 Å². The first-order valence-electron chi connectivity index (χ1n) is 9.36. The molecule has 5 nitrogen and oxygen atoms in total. The fourth-order valence-corrected chi connectivity index (χ4v) is 4.41. The first-order chi connectivity index (χ1) is 12.9. The van der Waals surface area contributed by atoms with Gasteiger partial charge in [-0.1, -0.05) is 30.3 Å². The van der Waals surface area contributed by atoms with Crippen LogP contribution >= 0.6 is 0 Å². The summed E-state index contributed by atoms with van der Waals surface area (Å²) in [4.78, 5) is 12.9. The molecule has 0 spiro atoms. The second-order valence-corrected chi connectivity index (χ2v) is 9.46. The van der Waals surface area contributed by atoms with Gasteiger partial charge < -0.3 is 5.32 Å². The molecule has 0 heterocycles. The molecule has 1 N–H and O–H groups in total. The first-order valence-corrected chi connectivity index (χ1v) is 11.2. The Bertz CT molecular complexity index is 983. The minimum Gasteiger partial charge on any atom is -0.348 e. The van der Waals surface area contributed by atoms with Crippen molar-refractivity contribution in [2.45, 2.75) is 53.6 Å². The molecule has 0 aliphatic carbocycles. The molecule has 0 unspecified atom stereocenters. The number of hydrogen-bond acceptors (Lipinski definition) is 3. The van der Waals surface area contributed by atoms with E-state index in [1.807, 2.05) is 65.0 Å². The Kier molecular flexibility index (Phi) is 6.55. The van der Waals surface area contributed by atoms with Crippen LogP contribution in [0, 0.1) is 27.7 Å². The molecule has 1 amide bonds. The third-order valence-corrected chi connectivity index (χ3v) is 6.31. The maximum Gasteiger partial charge on any atom is 0.244 e. The van der Waals surface area contributed by atoms with Gasteiger partial charge in [0.05, 0.1) is 18.0 Å². The first kappa shape index (κ1) is 22.0. The molecule has 0 fully saturated rings. The molecular formula is C22H30N2O3S. The minimum atomic E-state index is -3.64. The van der Waals surface area contributed by atoms with Gasteiger partial charge in [0.25, 0.3) is 0 Å². The van der Waals surface area contributed by atoms with Crippen LogP contribution in [0.25, 0.3) is 0 Å². The molecule has 0 aliphatic heterocycles. The molecule has 2 aromatic rings. The highest BCUT2D eigenvalue weighted by Gasteiger charge is 2.30. The topological polar surface area (TPSA) is 66.5 Å². The van der Waals surface area contributed by atoms with Gasteiger partial charge in [-0.3, -0.25) is 9.10 Å². The Labute approximate surface area is 168 Å². The molecule has 0 bridgehead atoms. The standard InChI is InChI=1S/C22H30N2O3S/c1-14-8-9-16(3)21(12-14)24(28(7,26)27)19(6)22(25)23-18(5)20-11-10-15(2)17(4)13-20/h8-13,18-19H,1-7H3,(H,23,25)/t18-,19-/m0/s1. The summed E-state index contributed by atoms with van der Waals surface area (Å²) >= 11 is 0.